The average Bonchev–Trinajstić information content (AvgIpc) is 2.67. The molecule has 0 aromatic carbocycles. The summed E-state index contributed by atoms with van der Waals surface area (Å²) >= 11 is 0. The van der Waals surface area contributed by atoms with E-state index >= 15 is 0 Å². The van der Waals surface area contributed by atoms with Crippen molar-refractivity contribution in [2.75, 3.05) is 13.2 Å². The molecule has 6 nitrogen and oxygen atoms in total. The molecule has 1 atom stereocenters. The minimum Gasteiger partial charge on any atom is -0.480 e. The van der Waals surface area contributed by atoms with E-state index in [0.29, 0.717) is 0 Å². The number of furan rings is 1. The number of carboxylic acid groups (broad SMARTS) is 1. The normalized spacial score (nSPS) is 19.9. The van der Waals surface area contributed by atoms with Gasteiger partial charge in [0.05, 0.1) is 6.04 Å². The molecule has 0 radical (unpaired) electrons. The molecular weight excluding hydrogens is 274 g/mol. The first kappa shape index (κ1) is 15.6. The Morgan fingerprint density at radius 2 is 2.19 bits per heavy atom. The molecule has 1 aromatic heterocycles. The third-order valence-corrected chi connectivity index (χ3v) is 3.53. The molecule has 0 saturated heterocycles. The molecule has 6 heteroatoms. The van der Waals surface area contributed by atoms with Crippen LogP contribution < -0.4 is 5.32 Å². The van der Waals surface area contributed by atoms with Crippen LogP contribution in [0, 0.1) is 12.3 Å². The Morgan fingerprint density at radius 3 is 2.86 bits per heavy atom. The molecule has 1 unspecified atom stereocenters. The van der Waals surface area contributed by atoms with Gasteiger partial charge < -0.3 is 19.6 Å². The number of aliphatic carboxylic acids is 1. The molecule has 2 rings (SSSR count). The monoisotopic (exact) mass is 295 g/mol. The van der Waals surface area contributed by atoms with E-state index in [1.54, 1.807) is 0 Å². The highest BCUT2D eigenvalue weighted by Gasteiger charge is 2.35. The summed E-state index contributed by atoms with van der Waals surface area (Å²) in [7, 11) is 0. The summed E-state index contributed by atoms with van der Waals surface area (Å²) in [5.41, 5.74) is 1.05. The maximum atomic E-state index is 11.9. The van der Waals surface area contributed by atoms with Gasteiger partial charge >= 0.3 is 5.97 Å². The zero-order valence-corrected chi connectivity index (χ0v) is 12.6. The van der Waals surface area contributed by atoms with Gasteiger partial charge in [-0.3, -0.25) is 4.79 Å². The van der Waals surface area contributed by atoms with Crippen LogP contribution in [-0.2, 0) is 20.7 Å². The van der Waals surface area contributed by atoms with Crippen molar-refractivity contribution < 1.29 is 23.8 Å². The first-order valence-electron chi connectivity index (χ1n) is 6.95. The van der Waals surface area contributed by atoms with Crippen molar-refractivity contribution in [1.82, 2.24) is 5.32 Å². The molecule has 0 aliphatic heterocycles. The van der Waals surface area contributed by atoms with Crippen LogP contribution in [0.4, 0.5) is 0 Å². The molecule has 1 aliphatic rings. The molecule has 21 heavy (non-hydrogen) atoms. The number of carbonyl (C=O) groups is 2. The Kier molecular flexibility index (Phi) is 4.37. The average molecular weight is 295 g/mol. The van der Waals surface area contributed by atoms with Gasteiger partial charge in [0, 0.05) is 12.0 Å². The van der Waals surface area contributed by atoms with Crippen LogP contribution in [0.3, 0.4) is 0 Å². The highest BCUT2D eigenvalue weighted by molar-refractivity contribution is 5.78. The summed E-state index contributed by atoms with van der Waals surface area (Å²) in [5.74, 6) is 0.345. The molecule has 0 spiro atoms. The number of nitrogens with one attached hydrogen (secondary N) is 1. The van der Waals surface area contributed by atoms with Gasteiger partial charge in [-0.1, -0.05) is 13.8 Å². The van der Waals surface area contributed by atoms with Crippen LogP contribution in [0.15, 0.2) is 10.5 Å². The number of aryl methyl sites for hydroxylation is 1. The molecule has 0 saturated carbocycles. The Hall–Kier alpha value is -1.82. The lowest BCUT2D eigenvalue weighted by molar-refractivity contribution is -0.143. The predicted octanol–water partition coefficient (Wildman–Crippen LogP) is 1.82. The van der Waals surface area contributed by atoms with E-state index in [4.69, 9.17) is 14.3 Å². The second-order valence-corrected chi connectivity index (χ2v) is 6.29. The van der Waals surface area contributed by atoms with Crippen molar-refractivity contribution in [2.45, 2.75) is 39.7 Å². The van der Waals surface area contributed by atoms with E-state index in [1.165, 1.54) is 0 Å². The largest absolute Gasteiger partial charge is 0.480 e. The number of fused-ring (bicyclic) bond motifs is 1. The summed E-state index contributed by atoms with van der Waals surface area (Å²) in [6.07, 6.45) is 1.65. The fourth-order valence-electron chi connectivity index (χ4n) is 2.78. The van der Waals surface area contributed by atoms with E-state index < -0.39 is 12.6 Å². The Bertz CT molecular complexity index is 546. The van der Waals surface area contributed by atoms with Crippen molar-refractivity contribution in [3.05, 3.63) is 23.2 Å². The smallest absolute Gasteiger partial charge is 0.329 e. The Morgan fingerprint density at radius 1 is 1.48 bits per heavy atom. The van der Waals surface area contributed by atoms with Crippen LogP contribution in [-0.4, -0.2) is 30.2 Å². The number of ether oxygens (including phenoxy) is 1. The number of carboxylic acids is 1. The van der Waals surface area contributed by atoms with Crippen molar-refractivity contribution in [1.29, 1.82) is 0 Å². The molecule has 0 fully saturated rings. The summed E-state index contributed by atoms with van der Waals surface area (Å²) < 4.78 is 10.5. The van der Waals surface area contributed by atoms with Gasteiger partial charge in [-0.15, -0.1) is 0 Å². The van der Waals surface area contributed by atoms with E-state index in [0.717, 1.165) is 29.9 Å². The first-order valence-corrected chi connectivity index (χ1v) is 6.95. The molecule has 1 aromatic rings. The van der Waals surface area contributed by atoms with Gasteiger partial charge in [0.15, 0.2) is 0 Å². The summed E-state index contributed by atoms with van der Waals surface area (Å²) in [6, 6.07) is 1.83. The van der Waals surface area contributed by atoms with Crippen molar-refractivity contribution in [2.24, 2.45) is 5.41 Å². The Balaban J connectivity index is 2.02. The van der Waals surface area contributed by atoms with Gasteiger partial charge in [0.25, 0.3) is 0 Å². The van der Waals surface area contributed by atoms with E-state index in [1.807, 2.05) is 13.0 Å². The molecule has 1 amide bonds. The predicted molar refractivity (Wildman–Crippen MR) is 74.9 cm³/mol. The fraction of sp³-hybridized carbons (Fsp3) is 0.600. The summed E-state index contributed by atoms with van der Waals surface area (Å²) in [5, 5.41) is 11.4. The number of rotatable bonds is 5. The molecule has 2 N–H and O–H groups in total. The number of carbonyl (C=O) groups excluding carboxylic acids is 1. The molecule has 0 bridgehead atoms. The minimum atomic E-state index is -1.09. The van der Waals surface area contributed by atoms with Gasteiger partial charge in [0.2, 0.25) is 5.91 Å². The van der Waals surface area contributed by atoms with Crippen molar-refractivity contribution in [3.8, 4) is 0 Å². The quantitative estimate of drug-likeness (QED) is 0.865. The van der Waals surface area contributed by atoms with Crippen LogP contribution in [0.5, 0.6) is 0 Å². The molecular formula is C15H21NO5. The standard InChI is InChI=1S/C15H21NO5/c1-9-4-10-11(5-15(2,3)6-12(10)21-9)16-13(17)7-20-8-14(18)19/h4,11H,5-8H2,1-3H3,(H,16,17)(H,18,19). The summed E-state index contributed by atoms with van der Waals surface area (Å²) in [4.78, 5) is 22.2. The summed E-state index contributed by atoms with van der Waals surface area (Å²) in [6.45, 7) is 5.43. The van der Waals surface area contributed by atoms with Crippen molar-refractivity contribution in [3.63, 3.8) is 0 Å². The maximum absolute atomic E-state index is 11.9. The lowest BCUT2D eigenvalue weighted by atomic mass is 9.74. The zero-order chi connectivity index (χ0) is 15.6. The third-order valence-electron chi connectivity index (χ3n) is 3.53. The topological polar surface area (TPSA) is 88.8 Å². The maximum Gasteiger partial charge on any atom is 0.329 e. The highest BCUT2D eigenvalue weighted by Crippen LogP contribution is 2.41. The van der Waals surface area contributed by atoms with E-state index in [2.05, 4.69) is 19.2 Å². The molecule has 116 valence electrons. The molecule has 1 aliphatic carbocycles. The van der Waals surface area contributed by atoms with Gasteiger partial charge in [-0.05, 0) is 24.8 Å². The van der Waals surface area contributed by atoms with E-state index in [9.17, 15) is 9.59 Å². The van der Waals surface area contributed by atoms with Gasteiger partial charge in [-0.25, -0.2) is 4.79 Å². The lowest BCUT2D eigenvalue weighted by Gasteiger charge is -2.34. The molecule has 1 heterocycles. The second-order valence-electron chi connectivity index (χ2n) is 6.29. The van der Waals surface area contributed by atoms with Gasteiger partial charge in [-0.2, -0.15) is 0 Å². The lowest BCUT2D eigenvalue weighted by Crippen LogP contribution is -2.37. The highest BCUT2D eigenvalue weighted by atomic mass is 16.5. The zero-order valence-electron chi connectivity index (χ0n) is 12.6. The van der Waals surface area contributed by atoms with Crippen LogP contribution in [0.2, 0.25) is 0 Å². The van der Waals surface area contributed by atoms with Crippen LogP contribution >= 0.6 is 0 Å². The number of amides is 1. The second kappa shape index (κ2) is 5.89. The van der Waals surface area contributed by atoms with Crippen LogP contribution in [0.1, 0.15) is 43.4 Å². The third kappa shape index (κ3) is 4.07. The van der Waals surface area contributed by atoms with E-state index in [-0.39, 0.29) is 24.0 Å². The van der Waals surface area contributed by atoms with Crippen LogP contribution in [0.25, 0.3) is 0 Å². The number of hydrogen-bond donors (Lipinski definition) is 2. The SMILES string of the molecule is Cc1cc2c(o1)CC(C)(C)CC2NC(=O)COCC(=O)O. The first-order chi connectivity index (χ1) is 9.77. The Labute approximate surface area is 123 Å². The van der Waals surface area contributed by atoms with Gasteiger partial charge in [0.1, 0.15) is 24.7 Å². The fourth-order valence-corrected chi connectivity index (χ4v) is 2.78. The minimum absolute atomic E-state index is 0.0389. The number of hydrogen-bond acceptors (Lipinski definition) is 4. The van der Waals surface area contributed by atoms with Crippen molar-refractivity contribution >= 4 is 11.9 Å².